The molecule has 2 aromatic rings. The lowest BCUT2D eigenvalue weighted by atomic mass is 10.1. The third-order valence-electron chi connectivity index (χ3n) is 3.97. The smallest absolute Gasteiger partial charge is 0.398 e. The number of hydrogen-bond acceptors (Lipinski definition) is 5. The molecule has 0 heterocycles. The summed E-state index contributed by atoms with van der Waals surface area (Å²) in [6, 6.07) is 8.12. The fourth-order valence-corrected chi connectivity index (χ4v) is 3.56. The van der Waals surface area contributed by atoms with Crippen LogP contribution in [0.4, 0.5) is 18.9 Å². The molecule has 0 aromatic heterocycles. The molecule has 10 heteroatoms. The maximum absolute atomic E-state index is 12.9. The summed E-state index contributed by atoms with van der Waals surface area (Å²) in [5, 5.41) is 11.4. The van der Waals surface area contributed by atoms with Crippen molar-refractivity contribution in [3.05, 3.63) is 58.7 Å². The summed E-state index contributed by atoms with van der Waals surface area (Å²) in [6.45, 7) is 1.14. The Kier molecular flexibility index (Phi) is 5.99. The predicted octanol–water partition coefficient (Wildman–Crippen LogP) is 2.88. The lowest BCUT2D eigenvalue weighted by molar-refractivity contribution is -0.137. The van der Waals surface area contributed by atoms with Crippen LogP contribution in [0, 0.1) is 11.3 Å². The minimum absolute atomic E-state index is 0.0636. The van der Waals surface area contributed by atoms with Crippen LogP contribution >= 0.6 is 0 Å². The SMILES string of the molecule is CCS(=O)(=O)c1ccc(C#N)cc1CNC(=O)c1cc(C(F)(F)F)ccc1N. The van der Waals surface area contributed by atoms with E-state index in [-0.39, 0.29) is 39.6 Å². The average Bonchev–Trinajstić information content (AvgIpc) is 2.65. The van der Waals surface area contributed by atoms with Gasteiger partial charge in [0.1, 0.15) is 0 Å². The van der Waals surface area contributed by atoms with E-state index < -0.39 is 27.5 Å². The number of nitrogens with two attached hydrogens (primary N) is 1. The quantitative estimate of drug-likeness (QED) is 0.735. The molecule has 2 rings (SSSR count). The van der Waals surface area contributed by atoms with Gasteiger partial charge in [-0.2, -0.15) is 18.4 Å². The lowest BCUT2D eigenvalue weighted by Crippen LogP contribution is -2.25. The Morgan fingerprint density at radius 2 is 1.89 bits per heavy atom. The largest absolute Gasteiger partial charge is 0.416 e. The first-order valence-electron chi connectivity index (χ1n) is 8.00. The van der Waals surface area contributed by atoms with Gasteiger partial charge in [-0.1, -0.05) is 6.92 Å². The summed E-state index contributed by atoms with van der Waals surface area (Å²) < 4.78 is 63.0. The molecule has 0 unspecified atom stereocenters. The maximum atomic E-state index is 12.9. The normalized spacial score (nSPS) is 11.7. The van der Waals surface area contributed by atoms with Crippen LogP contribution in [0.3, 0.4) is 0 Å². The minimum atomic E-state index is -4.65. The van der Waals surface area contributed by atoms with E-state index in [1.54, 1.807) is 0 Å². The highest BCUT2D eigenvalue weighted by molar-refractivity contribution is 7.91. The van der Waals surface area contributed by atoms with Crippen LogP contribution in [-0.4, -0.2) is 20.1 Å². The summed E-state index contributed by atoms with van der Waals surface area (Å²) >= 11 is 0. The van der Waals surface area contributed by atoms with Gasteiger partial charge in [0, 0.05) is 12.2 Å². The number of halogens is 3. The summed E-state index contributed by atoms with van der Waals surface area (Å²) in [5.74, 6) is -1.09. The van der Waals surface area contributed by atoms with Crippen LogP contribution in [0.2, 0.25) is 0 Å². The van der Waals surface area contributed by atoms with Crippen molar-refractivity contribution in [1.82, 2.24) is 5.32 Å². The summed E-state index contributed by atoms with van der Waals surface area (Å²) in [4.78, 5) is 12.3. The zero-order valence-corrected chi connectivity index (χ0v) is 15.5. The van der Waals surface area contributed by atoms with Gasteiger partial charge in [0.05, 0.1) is 33.4 Å². The van der Waals surface area contributed by atoms with Crippen molar-refractivity contribution in [2.45, 2.75) is 24.5 Å². The van der Waals surface area contributed by atoms with Crippen molar-refractivity contribution in [2.75, 3.05) is 11.5 Å². The van der Waals surface area contributed by atoms with Gasteiger partial charge >= 0.3 is 6.18 Å². The number of hydrogen-bond donors (Lipinski definition) is 2. The van der Waals surface area contributed by atoms with Gasteiger partial charge in [0.15, 0.2) is 9.84 Å². The number of amides is 1. The van der Waals surface area contributed by atoms with Gasteiger partial charge in [-0.25, -0.2) is 8.42 Å². The average molecular weight is 411 g/mol. The summed E-state index contributed by atoms with van der Waals surface area (Å²) in [6.07, 6.45) is -4.65. The highest BCUT2D eigenvalue weighted by Gasteiger charge is 2.31. The molecule has 0 aliphatic heterocycles. The zero-order valence-electron chi connectivity index (χ0n) is 14.7. The van der Waals surface area contributed by atoms with Crippen LogP contribution in [0.1, 0.15) is 34.0 Å². The number of nitrogen functional groups attached to an aromatic ring is 1. The number of anilines is 1. The topological polar surface area (TPSA) is 113 Å². The maximum Gasteiger partial charge on any atom is 0.416 e. The molecule has 0 spiro atoms. The second kappa shape index (κ2) is 7.90. The molecule has 0 bridgehead atoms. The number of carbonyl (C=O) groups is 1. The highest BCUT2D eigenvalue weighted by Crippen LogP contribution is 2.31. The Morgan fingerprint density at radius 1 is 1.21 bits per heavy atom. The monoisotopic (exact) mass is 411 g/mol. The Bertz CT molecular complexity index is 1060. The van der Waals surface area contributed by atoms with E-state index in [1.165, 1.54) is 25.1 Å². The van der Waals surface area contributed by atoms with Crippen LogP contribution in [0.5, 0.6) is 0 Å². The molecule has 6 nitrogen and oxygen atoms in total. The molecule has 0 aliphatic carbocycles. The minimum Gasteiger partial charge on any atom is -0.398 e. The standard InChI is InChI=1S/C18H16F3N3O3S/c1-2-28(26,27)16-6-3-11(9-22)7-12(16)10-24-17(25)14-8-13(18(19,20)21)4-5-15(14)23/h3-8H,2,10,23H2,1H3,(H,24,25). The fraction of sp³-hybridized carbons (Fsp3) is 0.222. The predicted molar refractivity (Wildman–Crippen MR) is 95.9 cm³/mol. The van der Waals surface area contributed by atoms with Gasteiger partial charge < -0.3 is 11.1 Å². The molecule has 0 aliphatic rings. The van der Waals surface area contributed by atoms with E-state index in [4.69, 9.17) is 11.0 Å². The lowest BCUT2D eigenvalue weighted by Gasteiger charge is -2.13. The number of carbonyl (C=O) groups excluding carboxylic acids is 1. The second-order valence-corrected chi connectivity index (χ2v) is 8.07. The summed E-state index contributed by atoms with van der Waals surface area (Å²) in [5.41, 5.74) is 4.36. The molecule has 28 heavy (non-hydrogen) atoms. The Morgan fingerprint density at radius 3 is 2.46 bits per heavy atom. The van der Waals surface area contributed by atoms with E-state index in [1.807, 2.05) is 6.07 Å². The molecular formula is C18H16F3N3O3S. The fourth-order valence-electron chi connectivity index (χ4n) is 2.45. The number of sulfone groups is 1. The Hall–Kier alpha value is -3.06. The number of nitrogens with zero attached hydrogens (tertiary/aromatic N) is 1. The summed E-state index contributed by atoms with van der Waals surface area (Å²) in [7, 11) is -3.63. The van der Waals surface area contributed by atoms with E-state index in [0.29, 0.717) is 6.07 Å². The third kappa shape index (κ3) is 4.61. The van der Waals surface area contributed by atoms with Gasteiger partial charge in [-0.15, -0.1) is 0 Å². The number of nitriles is 1. The molecule has 3 N–H and O–H groups in total. The number of benzene rings is 2. The van der Waals surface area contributed by atoms with Gasteiger partial charge in [0.25, 0.3) is 5.91 Å². The number of nitrogens with one attached hydrogen (secondary N) is 1. The van der Waals surface area contributed by atoms with Crippen molar-refractivity contribution in [3.8, 4) is 6.07 Å². The van der Waals surface area contributed by atoms with Crippen molar-refractivity contribution < 1.29 is 26.4 Å². The molecule has 148 valence electrons. The highest BCUT2D eigenvalue weighted by atomic mass is 32.2. The van der Waals surface area contributed by atoms with Crippen LogP contribution < -0.4 is 11.1 Å². The first kappa shape index (κ1) is 21.2. The molecule has 0 radical (unpaired) electrons. The molecule has 0 atom stereocenters. The van der Waals surface area contributed by atoms with E-state index >= 15 is 0 Å². The molecule has 2 aromatic carbocycles. The van der Waals surface area contributed by atoms with E-state index in [0.717, 1.165) is 12.1 Å². The second-order valence-electron chi connectivity index (χ2n) is 5.82. The van der Waals surface area contributed by atoms with Crippen LogP contribution in [0.25, 0.3) is 0 Å². The molecule has 1 amide bonds. The van der Waals surface area contributed by atoms with E-state index in [9.17, 15) is 26.4 Å². The van der Waals surface area contributed by atoms with Gasteiger partial charge in [0.2, 0.25) is 0 Å². The van der Waals surface area contributed by atoms with Crippen molar-refractivity contribution >= 4 is 21.4 Å². The molecule has 0 saturated heterocycles. The number of alkyl halides is 3. The zero-order chi connectivity index (χ0) is 21.1. The van der Waals surface area contributed by atoms with Crippen molar-refractivity contribution in [2.24, 2.45) is 0 Å². The van der Waals surface area contributed by atoms with E-state index in [2.05, 4.69) is 5.32 Å². The van der Waals surface area contributed by atoms with Crippen LogP contribution in [0.15, 0.2) is 41.3 Å². The Balaban J connectivity index is 2.35. The number of rotatable bonds is 5. The first-order valence-corrected chi connectivity index (χ1v) is 9.65. The molecule has 0 fully saturated rings. The Labute approximate surface area is 159 Å². The van der Waals surface area contributed by atoms with Crippen molar-refractivity contribution in [3.63, 3.8) is 0 Å². The van der Waals surface area contributed by atoms with Gasteiger partial charge in [-0.05, 0) is 42.0 Å². The molecule has 0 saturated carbocycles. The molecular weight excluding hydrogens is 395 g/mol. The third-order valence-corrected chi connectivity index (χ3v) is 5.80. The first-order chi connectivity index (χ1) is 13.0. The van der Waals surface area contributed by atoms with Crippen molar-refractivity contribution in [1.29, 1.82) is 5.26 Å². The van der Waals surface area contributed by atoms with Gasteiger partial charge in [-0.3, -0.25) is 4.79 Å². The van der Waals surface area contributed by atoms with Crippen LogP contribution in [-0.2, 0) is 22.6 Å².